The summed E-state index contributed by atoms with van der Waals surface area (Å²) in [5.41, 5.74) is 6.32. The van der Waals surface area contributed by atoms with Crippen molar-refractivity contribution in [2.24, 2.45) is 17.6 Å². The molecule has 2 rings (SSSR count). The molecule has 2 unspecified atom stereocenters. The van der Waals surface area contributed by atoms with Crippen molar-refractivity contribution in [1.29, 1.82) is 0 Å². The molecule has 0 spiro atoms. The summed E-state index contributed by atoms with van der Waals surface area (Å²) < 4.78 is 0. The molecule has 2 atom stereocenters. The van der Waals surface area contributed by atoms with Crippen LogP contribution in [0.4, 0.5) is 0 Å². The van der Waals surface area contributed by atoms with Crippen molar-refractivity contribution in [2.45, 2.75) is 45.6 Å². The van der Waals surface area contributed by atoms with Crippen LogP contribution in [0.5, 0.6) is 0 Å². The maximum atomic E-state index is 12.9. The number of carbonyl (C=O) groups excluding carboxylic acids is 1. The summed E-state index contributed by atoms with van der Waals surface area (Å²) in [6.45, 7) is 8.05. The van der Waals surface area contributed by atoms with E-state index in [1.165, 1.54) is 6.42 Å². The first kappa shape index (κ1) is 16.0. The Morgan fingerprint density at radius 3 is 2.52 bits per heavy atom. The van der Waals surface area contributed by atoms with Crippen LogP contribution >= 0.6 is 0 Å². The lowest BCUT2D eigenvalue weighted by Crippen LogP contribution is -2.51. The van der Waals surface area contributed by atoms with Crippen LogP contribution in [0.1, 0.15) is 45.6 Å². The van der Waals surface area contributed by atoms with Crippen molar-refractivity contribution >= 4 is 5.91 Å². The van der Waals surface area contributed by atoms with E-state index in [1.807, 2.05) is 42.2 Å². The molecule has 0 bridgehead atoms. The number of carbonyl (C=O) groups is 1. The van der Waals surface area contributed by atoms with E-state index in [1.54, 1.807) is 0 Å². The molecule has 2 N–H and O–H groups in total. The van der Waals surface area contributed by atoms with Gasteiger partial charge in [0.05, 0.1) is 0 Å². The molecule has 3 nitrogen and oxygen atoms in total. The third-order valence-electron chi connectivity index (χ3n) is 4.82. The first-order valence-corrected chi connectivity index (χ1v) is 8.06. The smallest absolute Gasteiger partial charge is 0.246 e. The van der Waals surface area contributed by atoms with Gasteiger partial charge in [0.25, 0.3) is 0 Å². The number of likely N-dealkylation sites (tertiary alicyclic amines) is 1. The van der Waals surface area contributed by atoms with Gasteiger partial charge in [-0.25, -0.2) is 0 Å². The van der Waals surface area contributed by atoms with Crippen LogP contribution in [0.15, 0.2) is 30.3 Å². The van der Waals surface area contributed by atoms with Gasteiger partial charge in [0.1, 0.15) is 5.54 Å². The van der Waals surface area contributed by atoms with Gasteiger partial charge in [-0.15, -0.1) is 0 Å². The lowest BCUT2D eigenvalue weighted by Gasteiger charge is -2.31. The fraction of sp³-hybridized carbons (Fsp3) is 0.611. The maximum absolute atomic E-state index is 12.9. The Labute approximate surface area is 128 Å². The lowest BCUT2D eigenvalue weighted by molar-refractivity contribution is -0.136. The van der Waals surface area contributed by atoms with Crippen LogP contribution in [-0.4, -0.2) is 23.9 Å². The van der Waals surface area contributed by atoms with Crippen molar-refractivity contribution in [1.82, 2.24) is 4.90 Å². The second-order valence-corrected chi connectivity index (χ2v) is 6.80. The Kier molecular flexibility index (Phi) is 5.04. The van der Waals surface area contributed by atoms with E-state index in [9.17, 15) is 4.79 Å². The zero-order valence-corrected chi connectivity index (χ0v) is 13.5. The van der Waals surface area contributed by atoms with Crippen molar-refractivity contribution in [2.75, 3.05) is 13.1 Å². The highest BCUT2D eigenvalue weighted by molar-refractivity contribution is 5.87. The molecule has 116 valence electrons. The molecule has 1 fully saturated rings. The summed E-state index contributed by atoms with van der Waals surface area (Å²) in [4.78, 5) is 14.8. The molecule has 1 amide bonds. The second-order valence-electron chi connectivity index (χ2n) is 6.80. The van der Waals surface area contributed by atoms with Gasteiger partial charge >= 0.3 is 0 Å². The zero-order valence-electron chi connectivity index (χ0n) is 13.5. The highest BCUT2D eigenvalue weighted by atomic mass is 16.2. The Morgan fingerprint density at radius 1 is 1.24 bits per heavy atom. The van der Waals surface area contributed by atoms with Crippen LogP contribution in [0, 0.1) is 11.8 Å². The summed E-state index contributed by atoms with van der Waals surface area (Å²) in [5, 5.41) is 0. The average molecular weight is 288 g/mol. The molecule has 1 saturated heterocycles. The average Bonchev–Trinajstić information content (AvgIpc) is 2.73. The number of hydrogen-bond donors (Lipinski definition) is 1. The minimum atomic E-state index is -0.932. The Balaban J connectivity index is 2.09. The van der Waals surface area contributed by atoms with E-state index in [2.05, 4.69) is 13.8 Å². The molecule has 21 heavy (non-hydrogen) atoms. The Bertz CT molecular complexity index is 467. The molecular weight excluding hydrogens is 260 g/mol. The molecule has 1 heterocycles. The van der Waals surface area contributed by atoms with Gasteiger partial charge in [-0.3, -0.25) is 4.79 Å². The van der Waals surface area contributed by atoms with Crippen molar-refractivity contribution in [3.63, 3.8) is 0 Å². The topological polar surface area (TPSA) is 46.3 Å². The molecule has 1 aliphatic rings. The monoisotopic (exact) mass is 288 g/mol. The lowest BCUT2D eigenvalue weighted by atomic mass is 9.89. The molecule has 1 aliphatic heterocycles. The largest absolute Gasteiger partial charge is 0.341 e. The number of hydrogen-bond acceptors (Lipinski definition) is 2. The Hall–Kier alpha value is -1.35. The van der Waals surface area contributed by atoms with Crippen LogP contribution < -0.4 is 5.73 Å². The maximum Gasteiger partial charge on any atom is 0.246 e. The van der Waals surface area contributed by atoms with Gasteiger partial charge in [-0.2, -0.15) is 0 Å². The van der Waals surface area contributed by atoms with E-state index in [0.717, 1.165) is 37.4 Å². The van der Waals surface area contributed by atoms with E-state index in [-0.39, 0.29) is 5.91 Å². The molecule has 0 radical (unpaired) electrons. The second kappa shape index (κ2) is 6.61. The number of amides is 1. The number of nitrogens with two attached hydrogens (primary N) is 1. The quantitative estimate of drug-likeness (QED) is 0.928. The molecule has 1 aromatic carbocycles. The number of rotatable bonds is 3. The Morgan fingerprint density at radius 2 is 1.90 bits per heavy atom. The fourth-order valence-electron chi connectivity index (χ4n) is 3.23. The van der Waals surface area contributed by atoms with Gasteiger partial charge in [-0.1, -0.05) is 44.2 Å². The number of benzene rings is 1. The summed E-state index contributed by atoms with van der Waals surface area (Å²) in [7, 11) is 0. The van der Waals surface area contributed by atoms with E-state index < -0.39 is 5.54 Å². The predicted molar refractivity (Wildman–Crippen MR) is 86.7 cm³/mol. The van der Waals surface area contributed by atoms with Gasteiger partial charge in [0.15, 0.2) is 0 Å². The minimum absolute atomic E-state index is 0.0538. The first-order chi connectivity index (χ1) is 9.93. The molecule has 0 saturated carbocycles. The van der Waals surface area contributed by atoms with Crippen molar-refractivity contribution in [3.8, 4) is 0 Å². The van der Waals surface area contributed by atoms with E-state index in [0.29, 0.717) is 5.92 Å². The zero-order chi connectivity index (χ0) is 15.5. The minimum Gasteiger partial charge on any atom is -0.341 e. The molecule has 0 aromatic heterocycles. The molecule has 0 aliphatic carbocycles. The third kappa shape index (κ3) is 3.65. The SMILES string of the molecule is CC(C)C1CCCN(C(=O)C(C)(N)c2ccccc2)CC1. The summed E-state index contributed by atoms with van der Waals surface area (Å²) in [5.74, 6) is 1.47. The normalized spacial score (nSPS) is 22.7. The highest BCUT2D eigenvalue weighted by Crippen LogP contribution is 2.27. The van der Waals surface area contributed by atoms with Gasteiger partial charge in [0.2, 0.25) is 5.91 Å². The van der Waals surface area contributed by atoms with Gasteiger partial charge in [0, 0.05) is 13.1 Å². The standard InChI is InChI=1S/C18H28N2O/c1-14(2)15-8-7-12-20(13-11-15)17(21)18(3,19)16-9-5-4-6-10-16/h4-6,9-10,14-15H,7-8,11-13,19H2,1-3H3. The summed E-state index contributed by atoms with van der Waals surface area (Å²) >= 11 is 0. The number of nitrogens with zero attached hydrogens (tertiary/aromatic N) is 1. The van der Waals surface area contributed by atoms with Crippen LogP contribution in [0.2, 0.25) is 0 Å². The summed E-state index contributed by atoms with van der Waals surface area (Å²) in [6, 6.07) is 9.69. The molecule has 3 heteroatoms. The third-order valence-corrected chi connectivity index (χ3v) is 4.82. The van der Waals surface area contributed by atoms with Gasteiger partial charge in [-0.05, 0) is 43.6 Å². The van der Waals surface area contributed by atoms with Crippen LogP contribution in [0.25, 0.3) is 0 Å². The highest BCUT2D eigenvalue weighted by Gasteiger charge is 2.35. The van der Waals surface area contributed by atoms with E-state index in [4.69, 9.17) is 5.73 Å². The summed E-state index contributed by atoms with van der Waals surface area (Å²) in [6.07, 6.45) is 3.39. The van der Waals surface area contributed by atoms with Crippen LogP contribution in [-0.2, 0) is 10.3 Å². The predicted octanol–water partition coefficient (Wildman–Crippen LogP) is 3.15. The van der Waals surface area contributed by atoms with Crippen molar-refractivity contribution in [3.05, 3.63) is 35.9 Å². The molecule has 1 aromatic rings. The first-order valence-electron chi connectivity index (χ1n) is 8.06. The van der Waals surface area contributed by atoms with Crippen LogP contribution in [0.3, 0.4) is 0 Å². The molecular formula is C18H28N2O. The van der Waals surface area contributed by atoms with Crippen molar-refractivity contribution < 1.29 is 4.79 Å². The van der Waals surface area contributed by atoms with Gasteiger partial charge < -0.3 is 10.6 Å². The fourth-order valence-corrected chi connectivity index (χ4v) is 3.23. The van der Waals surface area contributed by atoms with E-state index >= 15 is 0 Å².